The molecule has 0 aliphatic rings. The molecule has 4 heterocycles. The molecule has 10 rings (SSSR count). The van der Waals surface area contributed by atoms with Gasteiger partial charge in [-0.05, 0) is 75.1 Å². The van der Waals surface area contributed by atoms with Gasteiger partial charge in [0.05, 0.1) is 36.2 Å². The van der Waals surface area contributed by atoms with Crippen LogP contribution in [0.1, 0.15) is 50.4 Å². The molecule has 0 N–H and O–H groups in total. The van der Waals surface area contributed by atoms with Gasteiger partial charge in [-0.2, -0.15) is 13.2 Å². The molecule has 0 spiro atoms. The van der Waals surface area contributed by atoms with E-state index in [9.17, 15) is 13.2 Å². The molecule has 325 valence electrons. The number of furan rings is 1. The van der Waals surface area contributed by atoms with Crippen LogP contribution in [0.5, 0.6) is 0 Å². The van der Waals surface area contributed by atoms with E-state index in [2.05, 4.69) is 129 Å². The molecule has 10 aromatic rings. The van der Waals surface area contributed by atoms with E-state index in [1.54, 1.807) is 12.1 Å². The van der Waals surface area contributed by atoms with Crippen LogP contribution < -0.4 is 5.19 Å². The normalized spacial score (nSPS) is 12.1. The molecule has 64 heavy (non-hydrogen) atoms. The van der Waals surface area contributed by atoms with Crippen molar-refractivity contribution < 1.29 is 37.7 Å². The van der Waals surface area contributed by atoms with E-state index in [0.717, 1.165) is 56.6 Å². The Morgan fingerprint density at radius 3 is 2.05 bits per heavy atom. The fourth-order valence-corrected chi connectivity index (χ4v) is 10.4. The fraction of sp³-hybridized carbons (Fsp3) is 0.204. The van der Waals surface area contributed by atoms with Crippen LogP contribution in [0, 0.1) is 18.1 Å². The maximum Gasteiger partial charge on any atom is 0.433 e. The Bertz CT molecular complexity index is 3310. The van der Waals surface area contributed by atoms with Crippen LogP contribution in [0.25, 0.3) is 83.0 Å². The van der Waals surface area contributed by atoms with Crippen molar-refractivity contribution in [3.8, 4) is 28.3 Å². The van der Waals surface area contributed by atoms with Crippen molar-refractivity contribution in [3.63, 3.8) is 0 Å². The maximum absolute atomic E-state index is 13.5. The standard InChI is InChI=1S/C36H23F3N3O.C18H24NSi.Ir/c1-20(2)31-23-12-5-3-10-21(23)22-11-4-6-13-24(22)32(31)42-29-17-8-7-16-28(29)40-34(42)27-15-9-14-25-26-18-19-30(36(37,38)39)41-35(26)43-33(25)27;1-14(2)11-16-12-17(15-9-7-6-8-10-15)19-13-18(16)20(3,4)5;/h3-14,16-20H,1-2H3;6-9,12-14H,11H2,1-5H3;/q2*-1;. The quantitative estimate of drug-likeness (QED) is 0.0907. The van der Waals surface area contributed by atoms with Crippen molar-refractivity contribution in [1.29, 1.82) is 0 Å². The number of para-hydroxylation sites is 2. The van der Waals surface area contributed by atoms with Crippen LogP contribution in [0.4, 0.5) is 13.2 Å². The molecule has 0 fully saturated rings. The van der Waals surface area contributed by atoms with E-state index < -0.39 is 19.9 Å². The van der Waals surface area contributed by atoms with E-state index in [1.165, 1.54) is 27.8 Å². The van der Waals surface area contributed by atoms with Crippen LogP contribution in [0.3, 0.4) is 0 Å². The third-order valence-electron chi connectivity index (χ3n) is 11.5. The van der Waals surface area contributed by atoms with Gasteiger partial charge in [-0.25, -0.2) is 4.98 Å². The first-order chi connectivity index (χ1) is 30.2. The predicted molar refractivity (Wildman–Crippen MR) is 255 cm³/mol. The largest absolute Gasteiger partial charge is 0.486 e. The first kappa shape index (κ1) is 44.7. The van der Waals surface area contributed by atoms with Gasteiger partial charge in [-0.1, -0.05) is 131 Å². The van der Waals surface area contributed by atoms with Gasteiger partial charge >= 0.3 is 6.18 Å². The molecule has 4 aromatic heterocycles. The molecular weight excluding hydrogens is 998 g/mol. The monoisotopic (exact) mass is 1050 g/mol. The van der Waals surface area contributed by atoms with E-state index in [-0.39, 0.29) is 31.7 Å². The number of rotatable bonds is 7. The molecule has 10 heteroatoms. The molecule has 0 amide bonds. The van der Waals surface area contributed by atoms with Gasteiger partial charge in [0.2, 0.25) is 5.71 Å². The Kier molecular flexibility index (Phi) is 12.3. The first-order valence-electron chi connectivity index (χ1n) is 21.4. The fourth-order valence-electron chi connectivity index (χ4n) is 8.82. The summed E-state index contributed by atoms with van der Waals surface area (Å²) in [5.41, 5.74) is 7.32. The number of pyridine rings is 2. The number of imidazole rings is 1. The predicted octanol–water partition coefficient (Wildman–Crippen LogP) is 14.5. The second kappa shape index (κ2) is 17.6. The van der Waals surface area contributed by atoms with Crippen molar-refractivity contribution >= 4 is 67.9 Å². The summed E-state index contributed by atoms with van der Waals surface area (Å²) < 4.78 is 48.7. The topological polar surface area (TPSA) is 56.7 Å². The number of benzene rings is 6. The summed E-state index contributed by atoms with van der Waals surface area (Å²) in [6.07, 6.45) is -1.34. The Labute approximate surface area is 385 Å². The first-order valence-corrected chi connectivity index (χ1v) is 24.9. The van der Waals surface area contributed by atoms with Gasteiger partial charge in [0.15, 0.2) is 0 Å². The molecule has 0 bridgehead atoms. The number of fused-ring (bicyclic) bond motifs is 7. The second-order valence-corrected chi connectivity index (χ2v) is 22.9. The number of hydrogen-bond donors (Lipinski definition) is 0. The van der Waals surface area contributed by atoms with Crippen molar-refractivity contribution in [3.05, 3.63) is 163 Å². The molecule has 0 aliphatic heterocycles. The smallest absolute Gasteiger partial charge is 0.433 e. The number of hydrogen-bond acceptors (Lipinski definition) is 4. The Balaban J connectivity index is 0.000000225. The van der Waals surface area contributed by atoms with Crippen LogP contribution in [0.15, 0.2) is 138 Å². The molecule has 0 saturated heterocycles. The zero-order chi connectivity index (χ0) is 44.2. The summed E-state index contributed by atoms with van der Waals surface area (Å²) >= 11 is 0. The third kappa shape index (κ3) is 8.31. The van der Waals surface area contributed by atoms with Crippen molar-refractivity contribution in [2.45, 2.75) is 65.9 Å². The van der Waals surface area contributed by atoms with Crippen LogP contribution in [0.2, 0.25) is 19.6 Å². The van der Waals surface area contributed by atoms with Crippen LogP contribution >= 0.6 is 0 Å². The van der Waals surface area contributed by atoms with Crippen LogP contribution in [-0.4, -0.2) is 27.6 Å². The number of aromatic nitrogens is 4. The SMILES string of the molecule is CC(C)Cc1cc(-c2[c-]cccc2)ncc1[Si](C)(C)C.CC(C)c1c(-n2c(-c3[c-]ccc4c3oc3nc(C(F)(F)F)ccc34)nc3ccccc32)c2ccccc2c2ccccc12.[Ir]. The van der Waals surface area contributed by atoms with Gasteiger partial charge in [0.1, 0.15) is 5.69 Å². The summed E-state index contributed by atoms with van der Waals surface area (Å²) in [5.74, 6) is 1.42. The average molecular weight is 1050 g/mol. The third-order valence-corrected chi connectivity index (χ3v) is 13.6. The molecular formula is C54H47F3IrN4OSi-2. The summed E-state index contributed by atoms with van der Waals surface area (Å²) in [6.45, 7) is 16.1. The Morgan fingerprint density at radius 1 is 0.703 bits per heavy atom. The summed E-state index contributed by atoms with van der Waals surface area (Å²) in [7, 11) is -1.34. The summed E-state index contributed by atoms with van der Waals surface area (Å²) in [6, 6.07) is 47.6. The van der Waals surface area contributed by atoms with E-state index >= 15 is 0 Å². The number of alkyl halides is 3. The van der Waals surface area contributed by atoms with Crippen molar-refractivity contribution in [2.75, 3.05) is 0 Å². The minimum atomic E-state index is -4.58. The summed E-state index contributed by atoms with van der Waals surface area (Å²) in [5, 5.41) is 7.17. The van der Waals surface area contributed by atoms with E-state index in [4.69, 9.17) is 9.40 Å². The zero-order valence-corrected chi connectivity index (χ0v) is 40.1. The minimum Gasteiger partial charge on any atom is -0.486 e. The Hall–Kier alpha value is -5.93. The Morgan fingerprint density at radius 2 is 1.38 bits per heavy atom. The molecule has 0 unspecified atom stereocenters. The minimum absolute atomic E-state index is 0. The molecule has 6 aromatic carbocycles. The number of halogens is 3. The van der Waals surface area contributed by atoms with Gasteiger partial charge < -0.3 is 14.0 Å². The van der Waals surface area contributed by atoms with Gasteiger partial charge in [0.25, 0.3) is 0 Å². The second-order valence-electron chi connectivity index (χ2n) is 17.9. The molecule has 0 atom stereocenters. The number of nitrogens with zero attached hydrogens (tertiary/aromatic N) is 4. The van der Waals surface area contributed by atoms with Gasteiger partial charge in [-0.3, -0.25) is 4.98 Å². The van der Waals surface area contributed by atoms with Gasteiger partial charge in [-0.15, -0.1) is 54.1 Å². The maximum atomic E-state index is 13.5. The zero-order valence-electron chi connectivity index (χ0n) is 36.7. The molecule has 5 nitrogen and oxygen atoms in total. The van der Waals surface area contributed by atoms with Crippen LogP contribution in [-0.2, 0) is 32.7 Å². The van der Waals surface area contributed by atoms with Crippen molar-refractivity contribution in [1.82, 2.24) is 19.5 Å². The molecule has 1 radical (unpaired) electrons. The average Bonchev–Trinajstić information content (AvgIpc) is 3.84. The van der Waals surface area contributed by atoms with E-state index in [1.807, 2.05) is 54.6 Å². The van der Waals surface area contributed by atoms with Crippen molar-refractivity contribution in [2.24, 2.45) is 5.92 Å². The molecule has 0 aliphatic carbocycles. The molecule has 0 saturated carbocycles. The van der Waals surface area contributed by atoms with Gasteiger partial charge in [0, 0.05) is 37.1 Å². The van der Waals surface area contributed by atoms with E-state index in [0.29, 0.717) is 33.7 Å². The summed E-state index contributed by atoms with van der Waals surface area (Å²) in [4.78, 5) is 13.6.